The van der Waals surface area contributed by atoms with Crippen molar-refractivity contribution in [3.8, 4) is 22.8 Å². The van der Waals surface area contributed by atoms with Crippen molar-refractivity contribution >= 4 is 15.9 Å². The fourth-order valence-corrected chi connectivity index (χ4v) is 4.15. The first-order valence-corrected chi connectivity index (χ1v) is 12.1. The monoisotopic (exact) mass is 552 g/mol. The van der Waals surface area contributed by atoms with Crippen molar-refractivity contribution in [1.29, 1.82) is 0 Å². The minimum atomic E-state index is -1.10. The molecule has 0 saturated heterocycles. The second kappa shape index (κ2) is 9.91. The van der Waals surface area contributed by atoms with E-state index in [1.165, 1.54) is 12.1 Å². The molecule has 0 radical (unpaired) electrons. The van der Waals surface area contributed by atoms with Crippen molar-refractivity contribution in [2.24, 2.45) is 0 Å². The maximum atomic E-state index is 13.4. The normalized spacial score (nSPS) is 11.6. The van der Waals surface area contributed by atoms with Crippen LogP contribution in [0.15, 0.2) is 58.1 Å². The molecule has 1 N–H and O–H groups in total. The van der Waals surface area contributed by atoms with Crippen LogP contribution >= 0.6 is 15.9 Å². The van der Waals surface area contributed by atoms with Crippen LogP contribution in [-0.2, 0) is 12.2 Å². The highest BCUT2D eigenvalue weighted by Crippen LogP contribution is 2.29. The number of pyridine rings is 4. The zero-order valence-electron chi connectivity index (χ0n) is 20.6. The predicted molar refractivity (Wildman–Crippen MR) is 139 cm³/mol. The quantitative estimate of drug-likeness (QED) is 0.348. The van der Waals surface area contributed by atoms with E-state index in [2.05, 4.69) is 30.9 Å². The van der Waals surface area contributed by atoms with Gasteiger partial charge in [0.25, 0.3) is 5.56 Å². The zero-order valence-corrected chi connectivity index (χ0v) is 22.2. The van der Waals surface area contributed by atoms with E-state index in [0.29, 0.717) is 39.9 Å². The molecule has 0 bridgehead atoms. The Kier molecular flexibility index (Phi) is 7.06. The van der Waals surface area contributed by atoms with Gasteiger partial charge in [0.05, 0.1) is 34.7 Å². The van der Waals surface area contributed by atoms with Crippen molar-refractivity contribution < 1.29 is 14.2 Å². The molecule has 0 fully saturated rings. The first-order valence-electron chi connectivity index (χ1n) is 11.3. The van der Waals surface area contributed by atoms with Gasteiger partial charge in [0.2, 0.25) is 0 Å². The molecule has 0 amide bonds. The average molecular weight is 553 g/mol. The number of nitrogens with zero attached hydrogens (tertiary/aromatic N) is 4. The molecule has 0 aromatic carbocycles. The number of aliphatic hydroxyl groups is 1. The summed E-state index contributed by atoms with van der Waals surface area (Å²) in [7, 11) is 0. The molecule has 0 saturated carbocycles. The molecular formula is C27H26BrFN4O3. The van der Waals surface area contributed by atoms with Gasteiger partial charge in [-0.15, -0.1) is 0 Å². The van der Waals surface area contributed by atoms with Crippen LogP contribution in [0.4, 0.5) is 4.39 Å². The summed E-state index contributed by atoms with van der Waals surface area (Å²) in [5.41, 5.74) is 3.89. The molecule has 0 spiro atoms. The molecule has 4 aromatic rings. The van der Waals surface area contributed by atoms with Crippen LogP contribution in [0.25, 0.3) is 17.1 Å². The van der Waals surface area contributed by atoms with Crippen molar-refractivity contribution in [1.82, 2.24) is 19.5 Å². The molecule has 9 heteroatoms. The molecule has 4 rings (SSSR count). The minimum absolute atomic E-state index is 0.0860. The molecule has 186 valence electrons. The second-order valence-electron chi connectivity index (χ2n) is 9.14. The SMILES string of the molecule is Cc1cnc(-c2nc(C(C)(C)O)ccc2C)cc1-n1c(C)cc(OCc2ccc(F)cn2)c(Br)c1=O. The fraction of sp³-hybridized carbons (Fsp3) is 0.259. The summed E-state index contributed by atoms with van der Waals surface area (Å²) in [5.74, 6) is -0.0650. The van der Waals surface area contributed by atoms with Gasteiger partial charge in [0.1, 0.15) is 28.2 Å². The first kappa shape index (κ1) is 25.7. The van der Waals surface area contributed by atoms with Crippen LogP contribution < -0.4 is 10.3 Å². The van der Waals surface area contributed by atoms with Crippen molar-refractivity contribution in [3.05, 3.63) is 97.6 Å². The third kappa shape index (κ3) is 5.22. The lowest BCUT2D eigenvalue weighted by molar-refractivity contribution is 0.0739. The number of halogens is 2. The molecule has 0 aliphatic carbocycles. The maximum absolute atomic E-state index is 13.4. The lowest BCUT2D eigenvalue weighted by Crippen LogP contribution is -2.23. The van der Waals surface area contributed by atoms with Gasteiger partial charge < -0.3 is 9.84 Å². The van der Waals surface area contributed by atoms with E-state index in [4.69, 9.17) is 4.74 Å². The van der Waals surface area contributed by atoms with Gasteiger partial charge in [0, 0.05) is 18.0 Å². The standard InChI is InChI=1S/C27H26BrFN4O3/c1-15-6-9-23(27(4,5)35)32-25(15)20-11-21(16(2)12-31-20)33-17(3)10-22(24(28)26(33)34)36-14-19-8-7-18(29)13-30-19/h6-13,35H,14H2,1-5H3. The molecule has 4 aromatic heterocycles. The Morgan fingerprint density at radius 3 is 2.47 bits per heavy atom. The number of hydrogen-bond donors (Lipinski definition) is 1. The third-order valence-corrected chi connectivity index (χ3v) is 6.48. The largest absolute Gasteiger partial charge is 0.486 e. The Morgan fingerprint density at radius 1 is 1.06 bits per heavy atom. The lowest BCUT2D eigenvalue weighted by Gasteiger charge is -2.19. The molecular weight excluding hydrogens is 527 g/mol. The third-order valence-electron chi connectivity index (χ3n) is 5.75. The van der Waals surface area contributed by atoms with E-state index in [0.717, 1.165) is 17.3 Å². The van der Waals surface area contributed by atoms with Crippen LogP contribution in [-0.4, -0.2) is 24.6 Å². The Morgan fingerprint density at radius 2 is 1.81 bits per heavy atom. The van der Waals surface area contributed by atoms with Crippen LogP contribution in [0.2, 0.25) is 0 Å². The van der Waals surface area contributed by atoms with Gasteiger partial charge in [0.15, 0.2) is 0 Å². The summed E-state index contributed by atoms with van der Waals surface area (Å²) in [6.07, 6.45) is 2.82. The molecule has 0 aliphatic rings. The van der Waals surface area contributed by atoms with Gasteiger partial charge >= 0.3 is 0 Å². The number of aromatic nitrogens is 4. The van der Waals surface area contributed by atoms with Crippen molar-refractivity contribution in [3.63, 3.8) is 0 Å². The number of hydrogen-bond acceptors (Lipinski definition) is 6. The number of rotatable bonds is 6. The summed E-state index contributed by atoms with van der Waals surface area (Å²) in [6.45, 7) is 9.06. The number of aryl methyl sites for hydroxylation is 3. The van der Waals surface area contributed by atoms with Gasteiger partial charge in [-0.3, -0.25) is 19.3 Å². The van der Waals surface area contributed by atoms with Crippen molar-refractivity contribution in [2.75, 3.05) is 0 Å². The predicted octanol–water partition coefficient (Wildman–Crippen LogP) is 5.32. The highest BCUT2D eigenvalue weighted by Gasteiger charge is 2.21. The van der Waals surface area contributed by atoms with E-state index < -0.39 is 11.4 Å². The average Bonchev–Trinajstić information content (AvgIpc) is 2.82. The van der Waals surface area contributed by atoms with E-state index in [-0.39, 0.29) is 16.6 Å². The Bertz CT molecular complexity index is 1500. The second-order valence-corrected chi connectivity index (χ2v) is 9.93. The maximum Gasteiger partial charge on any atom is 0.273 e. The van der Waals surface area contributed by atoms with Gasteiger partial charge in [-0.2, -0.15) is 0 Å². The molecule has 0 atom stereocenters. The van der Waals surface area contributed by atoms with E-state index in [1.807, 2.05) is 32.9 Å². The molecule has 0 unspecified atom stereocenters. The Balaban J connectivity index is 1.75. The minimum Gasteiger partial charge on any atom is -0.486 e. The van der Waals surface area contributed by atoms with Crippen LogP contribution in [0.1, 0.15) is 42.1 Å². The first-order chi connectivity index (χ1) is 17.0. The Labute approximate surface area is 216 Å². The van der Waals surface area contributed by atoms with Crippen LogP contribution in [0.3, 0.4) is 0 Å². The molecule has 4 heterocycles. The highest BCUT2D eigenvalue weighted by molar-refractivity contribution is 9.10. The van der Waals surface area contributed by atoms with E-state index in [1.54, 1.807) is 36.7 Å². The smallest absolute Gasteiger partial charge is 0.273 e. The molecule has 36 heavy (non-hydrogen) atoms. The number of ether oxygens (including phenoxy) is 1. The molecule has 7 nitrogen and oxygen atoms in total. The fourth-order valence-electron chi connectivity index (χ4n) is 3.74. The summed E-state index contributed by atoms with van der Waals surface area (Å²) >= 11 is 3.38. The van der Waals surface area contributed by atoms with Crippen LogP contribution in [0, 0.1) is 26.6 Å². The van der Waals surface area contributed by atoms with Gasteiger partial charge in [-0.1, -0.05) is 6.07 Å². The zero-order chi connectivity index (χ0) is 26.2. The van der Waals surface area contributed by atoms with Gasteiger partial charge in [-0.25, -0.2) is 9.37 Å². The summed E-state index contributed by atoms with van der Waals surface area (Å²) in [4.78, 5) is 26.6. The summed E-state index contributed by atoms with van der Waals surface area (Å²) in [6, 6.07) is 10.1. The summed E-state index contributed by atoms with van der Waals surface area (Å²) in [5, 5.41) is 10.4. The Hall–Kier alpha value is -3.43. The van der Waals surface area contributed by atoms with E-state index >= 15 is 0 Å². The molecule has 0 aliphatic heterocycles. The highest BCUT2D eigenvalue weighted by atomic mass is 79.9. The van der Waals surface area contributed by atoms with E-state index in [9.17, 15) is 14.3 Å². The topological polar surface area (TPSA) is 90.1 Å². The lowest BCUT2D eigenvalue weighted by atomic mass is 10.0. The summed E-state index contributed by atoms with van der Waals surface area (Å²) < 4.78 is 20.8. The van der Waals surface area contributed by atoms with Crippen LogP contribution in [0.5, 0.6) is 5.75 Å². The van der Waals surface area contributed by atoms with Gasteiger partial charge in [-0.05, 0) is 85.9 Å². The van der Waals surface area contributed by atoms with Crippen molar-refractivity contribution in [2.45, 2.75) is 46.8 Å².